The number of sulfonamides is 1. The molecule has 2 aromatic carbocycles. The van der Waals surface area contributed by atoms with Crippen molar-refractivity contribution in [3.05, 3.63) is 59.1 Å². The minimum atomic E-state index is -3.61. The Bertz CT molecular complexity index is 790. The molecule has 0 bridgehead atoms. The van der Waals surface area contributed by atoms with E-state index in [1.807, 2.05) is 24.3 Å². The maximum Gasteiger partial charge on any atom is 0.245 e. The van der Waals surface area contributed by atoms with Crippen LogP contribution in [0.15, 0.2) is 53.4 Å². The fraction of sp³-hybridized carbons (Fsp3) is 0.294. The van der Waals surface area contributed by atoms with Crippen LogP contribution in [0.1, 0.15) is 24.4 Å². The van der Waals surface area contributed by atoms with Gasteiger partial charge in [-0.05, 0) is 42.7 Å². The largest absolute Gasteiger partial charge is 0.497 e. The second-order valence-electron chi connectivity index (χ2n) is 5.48. The molecule has 122 valence electrons. The first kappa shape index (κ1) is 16.3. The molecule has 1 heterocycles. The molecule has 0 aromatic heterocycles. The number of hydrogen-bond donors (Lipinski definition) is 0. The third-order valence-corrected chi connectivity index (χ3v) is 6.54. The van der Waals surface area contributed by atoms with Gasteiger partial charge in [0.25, 0.3) is 0 Å². The van der Waals surface area contributed by atoms with E-state index < -0.39 is 10.0 Å². The Hall–Kier alpha value is -1.56. The van der Waals surface area contributed by atoms with Crippen molar-refractivity contribution >= 4 is 21.6 Å². The zero-order valence-corrected chi connectivity index (χ0v) is 14.3. The summed E-state index contributed by atoms with van der Waals surface area (Å²) < 4.78 is 32.7. The number of rotatable bonds is 4. The van der Waals surface area contributed by atoms with Gasteiger partial charge in [0.2, 0.25) is 10.0 Å². The van der Waals surface area contributed by atoms with Gasteiger partial charge in [-0.15, -0.1) is 0 Å². The van der Waals surface area contributed by atoms with Gasteiger partial charge >= 0.3 is 0 Å². The molecule has 23 heavy (non-hydrogen) atoms. The molecule has 0 amide bonds. The first-order valence-electron chi connectivity index (χ1n) is 7.44. The Kier molecular flexibility index (Phi) is 4.62. The summed E-state index contributed by atoms with van der Waals surface area (Å²) in [6.45, 7) is 0.504. The molecule has 3 rings (SSSR count). The summed E-state index contributed by atoms with van der Waals surface area (Å²) in [5.41, 5.74) is 0.971. The van der Waals surface area contributed by atoms with Crippen molar-refractivity contribution in [1.29, 1.82) is 0 Å². The van der Waals surface area contributed by atoms with Crippen LogP contribution in [0, 0.1) is 0 Å². The van der Waals surface area contributed by atoms with E-state index in [-0.39, 0.29) is 16.0 Å². The van der Waals surface area contributed by atoms with Gasteiger partial charge in [0.05, 0.1) is 18.2 Å². The molecule has 0 aliphatic carbocycles. The summed E-state index contributed by atoms with van der Waals surface area (Å²) in [6.07, 6.45) is 1.64. The van der Waals surface area contributed by atoms with E-state index in [1.165, 1.54) is 0 Å². The van der Waals surface area contributed by atoms with Gasteiger partial charge in [0.15, 0.2) is 0 Å². The third kappa shape index (κ3) is 3.09. The number of methoxy groups -OCH3 is 1. The predicted molar refractivity (Wildman–Crippen MR) is 90.3 cm³/mol. The standard InChI is InChI=1S/C17H18ClNO3S/c1-22-14-10-8-13(9-11-14)16-6-4-12-19(16)23(20,21)17-7-3-2-5-15(17)18/h2-3,5,7-11,16H,4,6,12H2,1H3/t16-/m0/s1. The summed E-state index contributed by atoms with van der Waals surface area (Å²) in [4.78, 5) is 0.169. The maximum absolute atomic E-state index is 13.0. The third-order valence-electron chi connectivity index (χ3n) is 4.13. The molecule has 0 radical (unpaired) electrons. The van der Waals surface area contributed by atoms with Gasteiger partial charge < -0.3 is 4.74 Å². The predicted octanol–water partition coefficient (Wildman–Crippen LogP) is 3.87. The SMILES string of the molecule is COc1ccc([C@@H]2CCCN2S(=O)(=O)c2ccccc2Cl)cc1. The van der Waals surface area contributed by atoms with Crippen LogP contribution in [0.3, 0.4) is 0 Å². The maximum atomic E-state index is 13.0. The van der Waals surface area contributed by atoms with E-state index in [4.69, 9.17) is 16.3 Å². The molecule has 1 aliphatic rings. The van der Waals surface area contributed by atoms with Crippen LogP contribution >= 0.6 is 11.6 Å². The van der Waals surface area contributed by atoms with Crippen molar-refractivity contribution in [2.45, 2.75) is 23.8 Å². The van der Waals surface area contributed by atoms with Gasteiger partial charge in [0.1, 0.15) is 10.6 Å². The second kappa shape index (κ2) is 6.51. The number of halogens is 1. The van der Waals surface area contributed by atoms with E-state index in [9.17, 15) is 8.42 Å². The lowest BCUT2D eigenvalue weighted by atomic mass is 10.1. The van der Waals surface area contributed by atoms with Gasteiger partial charge in [-0.25, -0.2) is 8.42 Å². The molecule has 1 aliphatic heterocycles. The summed E-state index contributed by atoms with van der Waals surface area (Å²) >= 11 is 6.10. The van der Waals surface area contributed by atoms with E-state index in [0.717, 1.165) is 24.2 Å². The van der Waals surface area contributed by atoms with Crippen molar-refractivity contribution in [3.8, 4) is 5.75 Å². The lowest BCUT2D eigenvalue weighted by Crippen LogP contribution is -2.30. The Morgan fingerprint density at radius 2 is 1.83 bits per heavy atom. The molecule has 0 spiro atoms. The topological polar surface area (TPSA) is 46.6 Å². The molecule has 0 saturated carbocycles. The van der Waals surface area contributed by atoms with Crippen LogP contribution in [-0.4, -0.2) is 26.4 Å². The van der Waals surface area contributed by atoms with Gasteiger partial charge in [-0.1, -0.05) is 35.9 Å². The Morgan fingerprint density at radius 1 is 1.13 bits per heavy atom. The van der Waals surface area contributed by atoms with Crippen LogP contribution in [0.5, 0.6) is 5.75 Å². The highest BCUT2D eigenvalue weighted by Gasteiger charge is 2.37. The van der Waals surface area contributed by atoms with E-state index in [1.54, 1.807) is 35.7 Å². The van der Waals surface area contributed by atoms with Crippen LogP contribution < -0.4 is 4.74 Å². The zero-order chi connectivity index (χ0) is 16.4. The summed E-state index contributed by atoms with van der Waals surface area (Å²) in [7, 11) is -2.00. The molecule has 4 nitrogen and oxygen atoms in total. The fourth-order valence-corrected chi connectivity index (χ4v) is 5.14. The van der Waals surface area contributed by atoms with Crippen LogP contribution in [0.25, 0.3) is 0 Å². The Labute approximate surface area is 141 Å². The fourth-order valence-electron chi connectivity index (χ4n) is 2.97. The number of ether oxygens (including phenoxy) is 1. The minimum absolute atomic E-state index is 0.165. The lowest BCUT2D eigenvalue weighted by Gasteiger charge is -2.25. The monoisotopic (exact) mass is 351 g/mol. The Morgan fingerprint density at radius 3 is 2.48 bits per heavy atom. The number of benzene rings is 2. The highest BCUT2D eigenvalue weighted by Crippen LogP contribution is 2.38. The molecule has 1 fully saturated rings. The van der Waals surface area contributed by atoms with Gasteiger partial charge in [0, 0.05) is 6.54 Å². The Balaban J connectivity index is 1.96. The van der Waals surface area contributed by atoms with Crippen molar-refractivity contribution in [2.24, 2.45) is 0 Å². The van der Waals surface area contributed by atoms with Gasteiger partial charge in [-0.2, -0.15) is 4.31 Å². The average Bonchev–Trinajstić information content (AvgIpc) is 3.05. The quantitative estimate of drug-likeness (QED) is 0.839. The van der Waals surface area contributed by atoms with Crippen molar-refractivity contribution in [2.75, 3.05) is 13.7 Å². The van der Waals surface area contributed by atoms with E-state index in [2.05, 4.69) is 0 Å². The van der Waals surface area contributed by atoms with E-state index in [0.29, 0.717) is 6.54 Å². The number of hydrogen-bond acceptors (Lipinski definition) is 3. The highest BCUT2D eigenvalue weighted by atomic mass is 35.5. The number of nitrogens with zero attached hydrogens (tertiary/aromatic N) is 1. The molecule has 2 aromatic rings. The minimum Gasteiger partial charge on any atom is -0.497 e. The van der Waals surface area contributed by atoms with Crippen molar-refractivity contribution < 1.29 is 13.2 Å². The van der Waals surface area contributed by atoms with Crippen LogP contribution in [-0.2, 0) is 10.0 Å². The van der Waals surface area contributed by atoms with Gasteiger partial charge in [-0.3, -0.25) is 0 Å². The molecular formula is C17H18ClNO3S. The summed E-state index contributed by atoms with van der Waals surface area (Å²) in [5, 5.41) is 0.257. The first-order valence-corrected chi connectivity index (χ1v) is 9.26. The molecule has 6 heteroatoms. The molecule has 1 atom stereocenters. The average molecular weight is 352 g/mol. The summed E-state index contributed by atoms with van der Waals surface area (Å²) in [5.74, 6) is 0.757. The molecule has 0 unspecified atom stereocenters. The van der Waals surface area contributed by atoms with E-state index >= 15 is 0 Å². The second-order valence-corrected chi connectivity index (χ2v) is 7.74. The van der Waals surface area contributed by atoms with Crippen LogP contribution in [0.4, 0.5) is 0 Å². The summed E-state index contributed by atoms with van der Waals surface area (Å²) in [6, 6.07) is 14.0. The van der Waals surface area contributed by atoms with Crippen LogP contribution in [0.2, 0.25) is 5.02 Å². The van der Waals surface area contributed by atoms with Crippen molar-refractivity contribution in [1.82, 2.24) is 4.31 Å². The normalized spacial score (nSPS) is 19.0. The molecule has 0 N–H and O–H groups in total. The first-order chi connectivity index (χ1) is 11.0. The smallest absolute Gasteiger partial charge is 0.245 e. The highest BCUT2D eigenvalue weighted by molar-refractivity contribution is 7.89. The lowest BCUT2D eigenvalue weighted by molar-refractivity contribution is 0.394. The molecule has 1 saturated heterocycles. The molecular weight excluding hydrogens is 334 g/mol. The van der Waals surface area contributed by atoms with Crippen molar-refractivity contribution in [3.63, 3.8) is 0 Å². The zero-order valence-electron chi connectivity index (χ0n) is 12.8.